The second kappa shape index (κ2) is 6.51. The van der Waals surface area contributed by atoms with Crippen LogP contribution < -0.4 is 0 Å². The van der Waals surface area contributed by atoms with Crippen LogP contribution in [-0.2, 0) is 25.6 Å². The third-order valence-electron chi connectivity index (χ3n) is 3.32. The van der Waals surface area contributed by atoms with Gasteiger partial charge in [-0.1, -0.05) is 30.3 Å². The fourth-order valence-electron chi connectivity index (χ4n) is 2.04. The van der Waals surface area contributed by atoms with E-state index in [0.717, 1.165) is 5.56 Å². The zero-order valence-corrected chi connectivity index (χ0v) is 12.1. The van der Waals surface area contributed by atoms with E-state index in [0.29, 0.717) is 0 Å². The predicted molar refractivity (Wildman–Crippen MR) is 68.9 cm³/mol. The van der Waals surface area contributed by atoms with Crippen molar-refractivity contribution in [3.63, 3.8) is 0 Å². The van der Waals surface area contributed by atoms with Crippen LogP contribution in [0.15, 0.2) is 30.3 Å². The van der Waals surface area contributed by atoms with E-state index in [1.165, 1.54) is 0 Å². The van der Waals surface area contributed by atoms with Gasteiger partial charge in [-0.25, -0.2) is 4.39 Å². The molecule has 0 spiro atoms. The maximum Gasteiger partial charge on any atom is 0.523 e. The minimum Gasteiger partial charge on any atom is -0.376 e. The standard InChI is InChI=1S/C13H14F4O4S/c14-12-10(8-20-7-9-4-2-1-3-5-9)6-11(12)21-22(18,19)13(15,16)17/h1-5,10-12H,6-8H2/t10-,11+,12-/m0/s1. The Morgan fingerprint density at radius 3 is 2.36 bits per heavy atom. The molecule has 1 fully saturated rings. The van der Waals surface area contributed by atoms with Gasteiger partial charge in [-0.3, -0.25) is 4.18 Å². The van der Waals surface area contributed by atoms with Gasteiger partial charge in [-0.05, 0) is 12.0 Å². The Labute approximate surface area is 125 Å². The van der Waals surface area contributed by atoms with Crippen molar-refractivity contribution < 1.29 is 34.9 Å². The molecular weight excluding hydrogens is 328 g/mol. The molecule has 1 aromatic carbocycles. The minimum atomic E-state index is -5.76. The number of hydrogen-bond acceptors (Lipinski definition) is 4. The lowest BCUT2D eigenvalue weighted by atomic mass is 9.81. The molecule has 0 amide bonds. The van der Waals surface area contributed by atoms with Gasteiger partial charge in [0, 0.05) is 5.92 Å². The maximum absolute atomic E-state index is 13.7. The smallest absolute Gasteiger partial charge is 0.376 e. The number of halogens is 4. The van der Waals surface area contributed by atoms with Crippen LogP contribution in [0.5, 0.6) is 0 Å². The molecule has 0 bridgehead atoms. The van der Waals surface area contributed by atoms with E-state index in [9.17, 15) is 26.0 Å². The normalized spacial score (nSPS) is 25.7. The van der Waals surface area contributed by atoms with Gasteiger partial charge in [0.15, 0.2) is 0 Å². The first-order valence-corrected chi connectivity index (χ1v) is 7.87. The van der Waals surface area contributed by atoms with Crippen LogP contribution in [0.1, 0.15) is 12.0 Å². The fraction of sp³-hybridized carbons (Fsp3) is 0.538. The molecule has 22 heavy (non-hydrogen) atoms. The molecule has 2 rings (SSSR count). The maximum atomic E-state index is 13.7. The van der Waals surface area contributed by atoms with Crippen LogP contribution in [0.4, 0.5) is 17.6 Å². The van der Waals surface area contributed by atoms with E-state index in [-0.39, 0.29) is 19.6 Å². The monoisotopic (exact) mass is 342 g/mol. The van der Waals surface area contributed by atoms with E-state index >= 15 is 0 Å². The number of benzene rings is 1. The predicted octanol–water partition coefficient (Wildman–Crippen LogP) is 2.80. The second-order valence-electron chi connectivity index (χ2n) is 4.98. The van der Waals surface area contributed by atoms with Gasteiger partial charge in [-0.2, -0.15) is 21.6 Å². The summed E-state index contributed by atoms with van der Waals surface area (Å²) in [5, 5.41) is 0. The summed E-state index contributed by atoms with van der Waals surface area (Å²) in [5.41, 5.74) is -4.66. The number of alkyl halides is 4. The first-order chi connectivity index (χ1) is 10.2. The summed E-state index contributed by atoms with van der Waals surface area (Å²) in [6, 6.07) is 9.08. The highest BCUT2D eigenvalue weighted by Gasteiger charge is 2.53. The van der Waals surface area contributed by atoms with Crippen molar-refractivity contribution in [1.82, 2.24) is 0 Å². The van der Waals surface area contributed by atoms with Crippen molar-refractivity contribution in [1.29, 1.82) is 0 Å². The quantitative estimate of drug-likeness (QED) is 0.453. The summed E-state index contributed by atoms with van der Waals surface area (Å²) in [7, 11) is -5.76. The topological polar surface area (TPSA) is 52.6 Å². The fourth-order valence-corrected chi connectivity index (χ4v) is 2.66. The Kier molecular flexibility index (Phi) is 5.08. The molecule has 3 atom stereocenters. The van der Waals surface area contributed by atoms with Gasteiger partial charge in [0.2, 0.25) is 0 Å². The third kappa shape index (κ3) is 3.96. The lowest BCUT2D eigenvalue weighted by Gasteiger charge is -2.38. The van der Waals surface area contributed by atoms with Gasteiger partial charge >= 0.3 is 15.6 Å². The first-order valence-electron chi connectivity index (χ1n) is 6.46. The van der Waals surface area contributed by atoms with Gasteiger partial charge in [0.05, 0.1) is 13.2 Å². The number of hydrogen-bond donors (Lipinski definition) is 0. The summed E-state index contributed by atoms with van der Waals surface area (Å²) < 4.78 is 80.6. The summed E-state index contributed by atoms with van der Waals surface area (Å²) in [5.74, 6) is -0.669. The first kappa shape index (κ1) is 17.2. The Morgan fingerprint density at radius 1 is 1.18 bits per heavy atom. The summed E-state index contributed by atoms with van der Waals surface area (Å²) in [6.07, 6.45) is -3.53. The average molecular weight is 342 g/mol. The van der Waals surface area contributed by atoms with Crippen LogP contribution in [0.2, 0.25) is 0 Å². The van der Waals surface area contributed by atoms with Crippen molar-refractivity contribution in [2.45, 2.75) is 30.8 Å². The molecule has 4 nitrogen and oxygen atoms in total. The molecule has 124 valence electrons. The van der Waals surface area contributed by atoms with Crippen molar-refractivity contribution in [3.8, 4) is 0 Å². The number of ether oxygens (including phenoxy) is 1. The molecule has 0 radical (unpaired) electrons. The van der Waals surface area contributed by atoms with Crippen LogP contribution in [0, 0.1) is 5.92 Å². The van der Waals surface area contributed by atoms with Crippen molar-refractivity contribution in [2.24, 2.45) is 5.92 Å². The van der Waals surface area contributed by atoms with Crippen molar-refractivity contribution >= 4 is 10.1 Å². The van der Waals surface area contributed by atoms with Gasteiger partial charge in [-0.15, -0.1) is 0 Å². The highest BCUT2D eigenvalue weighted by molar-refractivity contribution is 7.87. The Morgan fingerprint density at radius 2 is 1.82 bits per heavy atom. The van der Waals surface area contributed by atoms with Crippen molar-refractivity contribution in [3.05, 3.63) is 35.9 Å². The van der Waals surface area contributed by atoms with Crippen molar-refractivity contribution in [2.75, 3.05) is 6.61 Å². The van der Waals surface area contributed by atoms with Crippen LogP contribution in [0.3, 0.4) is 0 Å². The van der Waals surface area contributed by atoms with E-state index in [2.05, 4.69) is 4.18 Å². The molecule has 1 aliphatic carbocycles. The zero-order valence-electron chi connectivity index (χ0n) is 11.3. The number of rotatable bonds is 6. The summed E-state index contributed by atoms with van der Waals surface area (Å²) >= 11 is 0. The molecule has 0 N–H and O–H groups in total. The zero-order chi connectivity index (χ0) is 16.4. The van der Waals surface area contributed by atoms with Gasteiger partial charge in [0.1, 0.15) is 12.3 Å². The van der Waals surface area contributed by atoms with Crippen LogP contribution >= 0.6 is 0 Å². The molecule has 1 aliphatic rings. The van der Waals surface area contributed by atoms with E-state index in [1.54, 1.807) is 0 Å². The lowest BCUT2D eigenvalue weighted by Crippen LogP contribution is -2.49. The molecule has 0 unspecified atom stereocenters. The third-order valence-corrected chi connectivity index (χ3v) is 4.39. The molecule has 0 saturated heterocycles. The summed E-state index contributed by atoms with van der Waals surface area (Å²) in [6.45, 7) is 0.235. The minimum absolute atomic E-state index is 0.0119. The molecule has 0 aliphatic heterocycles. The lowest BCUT2D eigenvalue weighted by molar-refractivity contribution is -0.0946. The van der Waals surface area contributed by atoms with Crippen LogP contribution in [-0.4, -0.2) is 32.8 Å². The van der Waals surface area contributed by atoms with E-state index in [1.807, 2.05) is 30.3 Å². The molecule has 0 aromatic heterocycles. The Bertz CT molecular complexity index is 588. The largest absolute Gasteiger partial charge is 0.523 e. The van der Waals surface area contributed by atoms with E-state index < -0.39 is 33.8 Å². The second-order valence-corrected chi connectivity index (χ2v) is 6.54. The van der Waals surface area contributed by atoms with Gasteiger partial charge in [0.25, 0.3) is 0 Å². The molecule has 1 aromatic rings. The SMILES string of the molecule is O=S(=O)(O[C@@H]1C[C@@H](COCc2ccccc2)[C@@H]1F)C(F)(F)F. The highest BCUT2D eigenvalue weighted by Crippen LogP contribution is 2.37. The van der Waals surface area contributed by atoms with E-state index in [4.69, 9.17) is 4.74 Å². The van der Waals surface area contributed by atoms with Gasteiger partial charge < -0.3 is 4.74 Å². The molecule has 9 heteroatoms. The highest BCUT2D eigenvalue weighted by atomic mass is 32.2. The molecular formula is C13H14F4O4S. The molecule has 1 saturated carbocycles. The summed E-state index contributed by atoms with van der Waals surface area (Å²) in [4.78, 5) is 0. The average Bonchev–Trinajstić information content (AvgIpc) is 2.45. The van der Waals surface area contributed by atoms with Crippen LogP contribution in [0.25, 0.3) is 0 Å². The Hall–Kier alpha value is -1.19. The molecule has 0 heterocycles. The Balaban J connectivity index is 1.75.